The van der Waals surface area contributed by atoms with Gasteiger partial charge in [0, 0.05) is 12.7 Å². The first-order chi connectivity index (χ1) is 5.07. The normalized spacial score (nSPS) is 12.2. The topological polar surface area (TPSA) is 57.5 Å². The van der Waals surface area contributed by atoms with Crippen molar-refractivity contribution in [3.63, 3.8) is 0 Å². The molecule has 0 saturated carbocycles. The molecule has 0 aromatic carbocycles. The van der Waals surface area contributed by atoms with Crippen LogP contribution in [0, 0.1) is 5.92 Å². The molecule has 3 heteroatoms. The molecule has 11 heavy (non-hydrogen) atoms. The Hall–Kier alpha value is -0.830. The lowest BCUT2D eigenvalue weighted by molar-refractivity contribution is -0.131. The molecule has 0 saturated heterocycles. The number of hydrogen-bond donors (Lipinski definition) is 2. The zero-order valence-electron chi connectivity index (χ0n) is 6.87. The van der Waals surface area contributed by atoms with Gasteiger partial charge < -0.3 is 10.2 Å². The summed E-state index contributed by atoms with van der Waals surface area (Å²) in [5, 5.41) is 17.0. The Morgan fingerprint density at radius 1 is 1.55 bits per heavy atom. The molecule has 64 valence electrons. The summed E-state index contributed by atoms with van der Waals surface area (Å²) < 4.78 is 0. The van der Waals surface area contributed by atoms with Crippen LogP contribution < -0.4 is 0 Å². The average molecular weight is 158 g/mol. The van der Waals surface area contributed by atoms with Gasteiger partial charge in [0.2, 0.25) is 0 Å². The van der Waals surface area contributed by atoms with E-state index in [9.17, 15) is 4.79 Å². The Labute approximate surface area is 66.4 Å². The van der Waals surface area contributed by atoms with Gasteiger partial charge in [-0.3, -0.25) is 0 Å². The summed E-state index contributed by atoms with van der Waals surface area (Å²) >= 11 is 0. The van der Waals surface area contributed by atoms with Gasteiger partial charge in [-0.05, 0) is 12.3 Å². The van der Waals surface area contributed by atoms with Crippen molar-refractivity contribution >= 4 is 5.97 Å². The Bertz CT molecular complexity index is 159. The minimum absolute atomic E-state index is 0.0112. The third-order valence-corrected chi connectivity index (χ3v) is 1.45. The zero-order chi connectivity index (χ0) is 8.85. The van der Waals surface area contributed by atoms with Crippen LogP contribution in [0.25, 0.3) is 0 Å². The Morgan fingerprint density at radius 2 is 2.09 bits per heavy atom. The predicted octanol–water partition coefficient (Wildman–Crippen LogP) is 1.04. The molecular weight excluding hydrogens is 144 g/mol. The number of aliphatic hydroxyl groups excluding tert-OH is 1. The highest BCUT2D eigenvalue weighted by Crippen LogP contribution is 2.12. The average Bonchev–Trinajstić information content (AvgIpc) is 1.86. The molecule has 0 aliphatic rings. The van der Waals surface area contributed by atoms with Crippen LogP contribution in [0.3, 0.4) is 0 Å². The zero-order valence-corrected chi connectivity index (χ0v) is 6.87. The van der Waals surface area contributed by atoms with Gasteiger partial charge in [0.05, 0.1) is 0 Å². The van der Waals surface area contributed by atoms with E-state index in [1.807, 2.05) is 13.8 Å². The molecule has 0 bridgehead atoms. The second kappa shape index (κ2) is 4.91. The summed E-state index contributed by atoms with van der Waals surface area (Å²) in [5.41, 5.74) is 0.778. The minimum Gasteiger partial charge on any atom is -0.478 e. The first-order valence-electron chi connectivity index (χ1n) is 3.62. The van der Waals surface area contributed by atoms with Crippen LogP contribution >= 0.6 is 0 Å². The van der Waals surface area contributed by atoms with E-state index < -0.39 is 5.97 Å². The van der Waals surface area contributed by atoms with Gasteiger partial charge in [-0.25, -0.2) is 4.79 Å². The molecule has 3 nitrogen and oxygen atoms in total. The largest absolute Gasteiger partial charge is 0.478 e. The molecular formula is C8H14O3. The van der Waals surface area contributed by atoms with E-state index in [0.717, 1.165) is 5.57 Å². The molecule has 0 aromatic rings. The summed E-state index contributed by atoms with van der Waals surface area (Å²) in [5.74, 6) is -0.750. The van der Waals surface area contributed by atoms with Crippen LogP contribution in [0.1, 0.15) is 20.3 Å². The first kappa shape index (κ1) is 10.2. The highest BCUT2D eigenvalue weighted by atomic mass is 16.4. The van der Waals surface area contributed by atoms with Crippen LogP contribution in [0.5, 0.6) is 0 Å². The van der Waals surface area contributed by atoms with Gasteiger partial charge in [0.1, 0.15) is 0 Å². The van der Waals surface area contributed by atoms with E-state index in [1.165, 1.54) is 6.08 Å². The third kappa shape index (κ3) is 4.56. The van der Waals surface area contributed by atoms with Gasteiger partial charge in [-0.15, -0.1) is 0 Å². The lowest BCUT2D eigenvalue weighted by Crippen LogP contribution is -2.01. The van der Waals surface area contributed by atoms with Crippen molar-refractivity contribution in [2.45, 2.75) is 20.3 Å². The molecule has 0 atom stereocenters. The van der Waals surface area contributed by atoms with Gasteiger partial charge in [0.15, 0.2) is 0 Å². The number of rotatable bonds is 4. The maximum atomic E-state index is 10.2. The number of aliphatic hydroxyl groups is 1. The van der Waals surface area contributed by atoms with Crippen LogP contribution in [-0.2, 0) is 4.79 Å². The number of carboxylic acid groups (broad SMARTS) is 1. The molecule has 0 aliphatic heterocycles. The van der Waals surface area contributed by atoms with E-state index in [-0.39, 0.29) is 12.5 Å². The Kier molecular flexibility index (Phi) is 4.54. The maximum Gasteiger partial charge on any atom is 0.328 e. The molecule has 2 N–H and O–H groups in total. The molecule has 0 fully saturated rings. The van der Waals surface area contributed by atoms with Crippen LogP contribution in [0.2, 0.25) is 0 Å². The fourth-order valence-corrected chi connectivity index (χ4v) is 0.815. The lowest BCUT2D eigenvalue weighted by atomic mass is 10.0. The van der Waals surface area contributed by atoms with Crippen LogP contribution in [-0.4, -0.2) is 22.8 Å². The summed E-state index contributed by atoms with van der Waals surface area (Å²) in [6, 6.07) is 0. The highest BCUT2D eigenvalue weighted by Gasteiger charge is 2.03. The standard InChI is InChI=1S/C8H14O3/c1-6(2)7(3-4-9)5-8(10)11/h5-6,9H,3-4H2,1-2H3,(H,10,11)/b7-5+. The second-order valence-corrected chi connectivity index (χ2v) is 2.69. The van der Waals surface area contributed by atoms with E-state index in [1.54, 1.807) is 0 Å². The minimum atomic E-state index is -0.942. The summed E-state index contributed by atoms with van der Waals surface area (Å²) in [6.45, 7) is 3.83. The van der Waals surface area contributed by atoms with Crippen LogP contribution in [0.4, 0.5) is 0 Å². The van der Waals surface area contributed by atoms with Gasteiger partial charge in [-0.1, -0.05) is 19.4 Å². The monoisotopic (exact) mass is 158 g/mol. The lowest BCUT2D eigenvalue weighted by Gasteiger charge is -2.07. The molecule has 0 radical (unpaired) electrons. The number of carbonyl (C=O) groups is 1. The van der Waals surface area contributed by atoms with E-state index in [0.29, 0.717) is 6.42 Å². The van der Waals surface area contributed by atoms with Gasteiger partial charge >= 0.3 is 5.97 Å². The Morgan fingerprint density at radius 3 is 2.36 bits per heavy atom. The molecule has 0 heterocycles. The maximum absolute atomic E-state index is 10.2. The number of aliphatic carboxylic acids is 1. The van der Waals surface area contributed by atoms with Crippen molar-refractivity contribution in [2.24, 2.45) is 5.92 Å². The van der Waals surface area contributed by atoms with Gasteiger partial charge in [-0.2, -0.15) is 0 Å². The Balaban J connectivity index is 4.20. The fraction of sp³-hybridized carbons (Fsp3) is 0.625. The molecule has 0 aliphatic carbocycles. The van der Waals surface area contributed by atoms with E-state index >= 15 is 0 Å². The van der Waals surface area contributed by atoms with E-state index in [2.05, 4.69) is 0 Å². The second-order valence-electron chi connectivity index (χ2n) is 2.69. The van der Waals surface area contributed by atoms with Crippen molar-refractivity contribution < 1.29 is 15.0 Å². The van der Waals surface area contributed by atoms with Crippen LogP contribution in [0.15, 0.2) is 11.6 Å². The first-order valence-corrected chi connectivity index (χ1v) is 3.62. The van der Waals surface area contributed by atoms with Crippen molar-refractivity contribution in [3.05, 3.63) is 11.6 Å². The molecule has 0 spiro atoms. The number of hydrogen-bond acceptors (Lipinski definition) is 2. The molecule has 0 aromatic heterocycles. The van der Waals surface area contributed by atoms with Crippen molar-refractivity contribution in [1.82, 2.24) is 0 Å². The molecule has 0 unspecified atom stereocenters. The van der Waals surface area contributed by atoms with Crippen molar-refractivity contribution in [3.8, 4) is 0 Å². The SMILES string of the molecule is CC(C)/C(=C/C(=O)O)CCO. The third-order valence-electron chi connectivity index (χ3n) is 1.45. The van der Waals surface area contributed by atoms with Gasteiger partial charge in [0.25, 0.3) is 0 Å². The number of carboxylic acids is 1. The smallest absolute Gasteiger partial charge is 0.328 e. The highest BCUT2D eigenvalue weighted by molar-refractivity contribution is 5.80. The summed E-state index contributed by atoms with van der Waals surface area (Å²) in [7, 11) is 0. The fourth-order valence-electron chi connectivity index (χ4n) is 0.815. The van der Waals surface area contributed by atoms with Crippen molar-refractivity contribution in [1.29, 1.82) is 0 Å². The summed E-state index contributed by atoms with van der Waals surface area (Å²) in [6.07, 6.45) is 1.62. The van der Waals surface area contributed by atoms with E-state index in [4.69, 9.17) is 10.2 Å². The predicted molar refractivity (Wildman–Crippen MR) is 42.3 cm³/mol. The molecule has 0 amide bonds. The molecule has 0 rings (SSSR count). The summed E-state index contributed by atoms with van der Waals surface area (Å²) in [4.78, 5) is 10.2. The quantitative estimate of drug-likeness (QED) is 0.601. The van der Waals surface area contributed by atoms with Crippen molar-refractivity contribution in [2.75, 3.05) is 6.61 Å².